The second kappa shape index (κ2) is 9.51. The van der Waals surface area contributed by atoms with Gasteiger partial charge >= 0.3 is 0 Å². The molecular formula is C8H19I2N. The highest BCUT2D eigenvalue weighted by Crippen LogP contribution is 2.13. The Bertz CT molecular complexity index is 74.5. The lowest BCUT2D eigenvalue weighted by atomic mass is 10.3. The van der Waals surface area contributed by atoms with Crippen molar-refractivity contribution in [2.75, 3.05) is 13.1 Å². The Morgan fingerprint density at radius 1 is 1.18 bits per heavy atom. The summed E-state index contributed by atoms with van der Waals surface area (Å²) in [6.07, 6.45) is 2.62. The van der Waals surface area contributed by atoms with Crippen molar-refractivity contribution in [2.24, 2.45) is 0 Å². The lowest BCUT2D eigenvalue weighted by molar-refractivity contribution is 0.285. The molecule has 0 aromatic heterocycles. The van der Waals surface area contributed by atoms with Gasteiger partial charge < -0.3 is 0 Å². The second-order valence-electron chi connectivity index (χ2n) is 2.44. The van der Waals surface area contributed by atoms with Gasteiger partial charge in [0.05, 0.1) is 4.05 Å². The molecule has 0 aromatic rings. The standard InChI is InChI=1S/C8H18IN.HI/c1-4-7-8(9)10(5-2)6-3;/h8H,4-7H2,1-3H3;1H. The number of rotatable bonds is 5. The van der Waals surface area contributed by atoms with Crippen molar-refractivity contribution in [2.45, 2.75) is 37.7 Å². The van der Waals surface area contributed by atoms with E-state index in [2.05, 4.69) is 48.3 Å². The van der Waals surface area contributed by atoms with E-state index in [0.29, 0.717) is 0 Å². The fourth-order valence-corrected chi connectivity index (χ4v) is 2.45. The van der Waals surface area contributed by atoms with Crippen molar-refractivity contribution in [3.8, 4) is 0 Å². The van der Waals surface area contributed by atoms with Crippen LogP contribution in [0.3, 0.4) is 0 Å². The summed E-state index contributed by atoms with van der Waals surface area (Å²) >= 11 is 2.53. The first kappa shape index (κ1) is 14.9. The number of nitrogens with zero attached hydrogens (tertiary/aromatic N) is 1. The van der Waals surface area contributed by atoms with Gasteiger partial charge in [0, 0.05) is 0 Å². The van der Waals surface area contributed by atoms with Crippen LogP contribution >= 0.6 is 46.6 Å². The maximum absolute atomic E-state index is 2.53. The zero-order chi connectivity index (χ0) is 7.98. The van der Waals surface area contributed by atoms with E-state index in [-0.39, 0.29) is 24.0 Å². The summed E-state index contributed by atoms with van der Waals surface area (Å²) in [5, 5.41) is 0. The monoisotopic (exact) mass is 383 g/mol. The Labute approximate surface area is 101 Å². The summed E-state index contributed by atoms with van der Waals surface area (Å²) in [6, 6.07) is 0. The Hall–Kier alpha value is 1.42. The number of alkyl halides is 1. The Morgan fingerprint density at radius 2 is 1.64 bits per heavy atom. The quantitative estimate of drug-likeness (QED) is 0.399. The first-order chi connectivity index (χ1) is 4.76. The summed E-state index contributed by atoms with van der Waals surface area (Å²) in [6.45, 7) is 9.07. The molecule has 0 bridgehead atoms. The van der Waals surface area contributed by atoms with Crippen LogP contribution < -0.4 is 0 Å². The maximum Gasteiger partial charge on any atom is 0.0618 e. The minimum absolute atomic E-state index is 0. The average molecular weight is 383 g/mol. The molecular weight excluding hydrogens is 364 g/mol. The van der Waals surface area contributed by atoms with Gasteiger partial charge in [-0.3, -0.25) is 4.90 Å². The summed E-state index contributed by atoms with van der Waals surface area (Å²) in [5.74, 6) is 0. The van der Waals surface area contributed by atoms with Crippen LogP contribution in [0.4, 0.5) is 0 Å². The molecule has 0 fully saturated rings. The third-order valence-electron chi connectivity index (χ3n) is 1.74. The largest absolute Gasteiger partial charge is 0.292 e. The maximum atomic E-state index is 2.53. The second-order valence-corrected chi connectivity index (χ2v) is 3.88. The van der Waals surface area contributed by atoms with E-state index in [1.165, 1.54) is 25.9 Å². The molecule has 1 nitrogen and oxygen atoms in total. The lowest BCUT2D eigenvalue weighted by Gasteiger charge is -2.24. The fourth-order valence-electron chi connectivity index (χ4n) is 1.04. The fraction of sp³-hybridized carbons (Fsp3) is 1.00. The Kier molecular flexibility index (Phi) is 12.9. The van der Waals surface area contributed by atoms with Crippen LogP contribution in [-0.4, -0.2) is 22.0 Å². The van der Waals surface area contributed by atoms with Gasteiger partial charge in [0.25, 0.3) is 0 Å². The normalized spacial score (nSPS) is 12.8. The van der Waals surface area contributed by atoms with Crippen molar-refractivity contribution >= 4 is 46.6 Å². The molecule has 0 aliphatic carbocycles. The number of hydrogen-bond acceptors (Lipinski definition) is 1. The van der Waals surface area contributed by atoms with E-state index in [0.717, 1.165) is 4.05 Å². The summed E-state index contributed by atoms with van der Waals surface area (Å²) in [5.41, 5.74) is 0. The molecule has 0 saturated heterocycles. The Balaban J connectivity index is 0. The van der Waals surface area contributed by atoms with Crippen molar-refractivity contribution in [1.82, 2.24) is 4.90 Å². The highest BCUT2D eigenvalue weighted by Gasteiger charge is 2.08. The van der Waals surface area contributed by atoms with Crippen LogP contribution in [0.1, 0.15) is 33.6 Å². The smallest absolute Gasteiger partial charge is 0.0618 e. The zero-order valence-corrected chi connectivity index (χ0v) is 12.1. The molecule has 0 saturated carbocycles. The van der Waals surface area contributed by atoms with Crippen molar-refractivity contribution < 1.29 is 0 Å². The molecule has 0 spiro atoms. The molecule has 0 N–H and O–H groups in total. The minimum atomic E-state index is 0. The highest BCUT2D eigenvalue weighted by molar-refractivity contribution is 14.1. The average Bonchev–Trinajstić information content (AvgIpc) is 1.91. The molecule has 70 valence electrons. The topological polar surface area (TPSA) is 3.24 Å². The zero-order valence-electron chi connectivity index (χ0n) is 7.64. The lowest BCUT2D eigenvalue weighted by Crippen LogP contribution is -2.30. The van der Waals surface area contributed by atoms with Gasteiger partial charge in [-0.25, -0.2) is 0 Å². The number of hydrogen-bond donors (Lipinski definition) is 0. The van der Waals surface area contributed by atoms with Crippen LogP contribution in [0.25, 0.3) is 0 Å². The molecule has 0 heterocycles. The molecule has 0 amide bonds. The van der Waals surface area contributed by atoms with Crippen molar-refractivity contribution in [1.29, 1.82) is 0 Å². The third kappa shape index (κ3) is 6.57. The van der Waals surface area contributed by atoms with Gasteiger partial charge in [-0.15, -0.1) is 24.0 Å². The van der Waals surface area contributed by atoms with E-state index < -0.39 is 0 Å². The van der Waals surface area contributed by atoms with Crippen LogP contribution in [0, 0.1) is 0 Å². The highest BCUT2D eigenvalue weighted by atomic mass is 127. The minimum Gasteiger partial charge on any atom is -0.292 e. The summed E-state index contributed by atoms with van der Waals surface area (Å²) in [7, 11) is 0. The molecule has 0 rings (SSSR count). The molecule has 0 aliphatic heterocycles. The third-order valence-corrected chi connectivity index (χ3v) is 3.15. The first-order valence-electron chi connectivity index (χ1n) is 4.14. The van der Waals surface area contributed by atoms with E-state index in [9.17, 15) is 0 Å². The van der Waals surface area contributed by atoms with Crippen LogP contribution in [0.2, 0.25) is 0 Å². The van der Waals surface area contributed by atoms with Gasteiger partial charge in [0.15, 0.2) is 0 Å². The van der Waals surface area contributed by atoms with Crippen LogP contribution in [0.5, 0.6) is 0 Å². The predicted octanol–water partition coefficient (Wildman–Crippen LogP) is 3.51. The first-order valence-corrected chi connectivity index (χ1v) is 5.38. The van der Waals surface area contributed by atoms with Gasteiger partial charge in [-0.1, -0.05) is 49.8 Å². The summed E-state index contributed by atoms with van der Waals surface area (Å²) in [4.78, 5) is 2.49. The van der Waals surface area contributed by atoms with Gasteiger partial charge in [0.2, 0.25) is 0 Å². The van der Waals surface area contributed by atoms with E-state index in [1.807, 2.05) is 0 Å². The van der Waals surface area contributed by atoms with Crippen LogP contribution in [-0.2, 0) is 0 Å². The molecule has 0 aliphatic rings. The van der Waals surface area contributed by atoms with E-state index in [4.69, 9.17) is 0 Å². The molecule has 0 aromatic carbocycles. The predicted molar refractivity (Wildman–Crippen MR) is 71.1 cm³/mol. The molecule has 1 unspecified atom stereocenters. The number of halogens is 2. The SMILES string of the molecule is CCCC(I)N(CC)CC.I. The molecule has 11 heavy (non-hydrogen) atoms. The molecule has 3 heteroatoms. The van der Waals surface area contributed by atoms with Gasteiger partial charge in [-0.05, 0) is 19.5 Å². The van der Waals surface area contributed by atoms with E-state index in [1.54, 1.807) is 0 Å². The van der Waals surface area contributed by atoms with Crippen molar-refractivity contribution in [3.05, 3.63) is 0 Å². The summed E-state index contributed by atoms with van der Waals surface area (Å²) < 4.78 is 0.748. The Morgan fingerprint density at radius 3 is 1.91 bits per heavy atom. The molecule has 0 radical (unpaired) electrons. The van der Waals surface area contributed by atoms with E-state index >= 15 is 0 Å². The molecule has 1 atom stereocenters. The van der Waals surface area contributed by atoms with Crippen molar-refractivity contribution in [3.63, 3.8) is 0 Å². The van der Waals surface area contributed by atoms with Crippen LogP contribution in [0.15, 0.2) is 0 Å². The van der Waals surface area contributed by atoms with Gasteiger partial charge in [0.1, 0.15) is 0 Å². The van der Waals surface area contributed by atoms with Gasteiger partial charge in [-0.2, -0.15) is 0 Å².